The second-order valence-corrected chi connectivity index (χ2v) is 2.09. The molecule has 1 heterocycles. The van der Waals surface area contributed by atoms with Crippen molar-refractivity contribution in [3.05, 3.63) is 11.8 Å². The smallest absolute Gasteiger partial charge is 0.335 e. The van der Waals surface area contributed by atoms with Gasteiger partial charge >= 0.3 is 5.97 Å². The molecule has 0 bridgehead atoms. The fourth-order valence-corrected chi connectivity index (χ4v) is 0.851. The van der Waals surface area contributed by atoms with Gasteiger partial charge < -0.3 is 14.8 Å². The zero-order chi connectivity index (χ0) is 8.97. The maximum absolute atomic E-state index is 10.7. The quantitative estimate of drug-likeness (QED) is 0.459. The highest BCUT2D eigenvalue weighted by Gasteiger charge is 2.25. The van der Waals surface area contributed by atoms with Gasteiger partial charge in [0.15, 0.2) is 0 Å². The van der Waals surface area contributed by atoms with E-state index in [1.807, 2.05) is 0 Å². The number of esters is 1. The van der Waals surface area contributed by atoms with Gasteiger partial charge in [0.05, 0.1) is 5.70 Å². The number of ether oxygens (including phenoxy) is 2. The fraction of sp³-hybridized carbons (Fsp3) is 0.429. The maximum atomic E-state index is 10.7. The van der Waals surface area contributed by atoms with Crippen molar-refractivity contribution in [2.24, 2.45) is 0 Å². The molecular weight excluding hydrogens is 162 g/mol. The van der Waals surface area contributed by atoms with Crippen molar-refractivity contribution in [2.75, 3.05) is 6.61 Å². The van der Waals surface area contributed by atoms with Crippen LogP contribution in [0.15, 0.2) is 11.8 Å². The molecule has 0 saturated carbocycles. The Hall–Kier alpha value is -1.36. The molecular formula is C7H9NO4. The molecule has 0 radical (unpaired) electrons. The van der Waals surface area contributed by atoms with E-state index in [4.69, 9.17) is 9.47 Å². The van der Waals surface area contributed by atoms with Crippen LogP contribution in [0, 0.1) is 0 Å². The highest BCUT2D eigenvalue weighted by Crippen LogP contribution is 2.13. The number of rotatable bonds is 4. The van der Waals surface area contributed by atoms with Gasteiger partial charge in [-0.1, -0.05) is 0 Å². The summed E-state index contributed by atoms with van der Waals surface area (Å²) in [5, 5.41) is 2.32. The zero-order valence-corrected chi connectivity index (χ0v) is 6.57. The van der Waals surface area contributed by atoms with Gasteiger partial charge in [0.1, 0.15) is 0 Å². The third-order valence-electron chi connectivity index (χ3n) is 1.29. The van der Waals surface area contributed by atoms with Crippen LogP contribution in [0.4, 0.5) is 0 Å². The van der Waals surface area contributed by atoms with Crippen molar-refractivity contribution in [1.29, 1.82) is 0 Å². The summed E-state index contributed by atoms with van der Waals surface area (Å²) >= 11 is 0. The largest absolute Gasteiger partial charge is 0.426 e. The monoisotopic (exact) mass is 171 g/mol. The Kier molecular flexibility index (Phi) is 2.82. The van der Waals surface area contributed by atoms with Crippen molar-refractivity contribution in [3.63, 3.8) is 0 Å². The van der Waals surface area contributed by atoms with Gasteiger partial charge in [0.25, 0.3) is 0 Å². The van der Waals surface area contributed by atoms with Gasteiger partial charge in [-0.2, -0.15) is 0 Å². The van der Waals surface area contributed by atoms with E-state index >= 15 is 0 Å². The molecule has 12 heavy (non-hydrogen) atoms. The van der Waals surface area contributed by atoms with Gasteiger partial charge in [-0.15, -0.1) is 0 Å². The number of carbonyl (C=O) groups excluding carboxylic acids is 2. The van der Waals surface area contributed by atoms with E-state index in [1.165, 1.54) is 6.08 Å². The molecule has 1 N–H and O–H groups in total. The van der Waals surface area contributed by atoms with Crippen molar-refractivity contribution in [3.8, 4) is 0 Å². The Labute approximate surface area is 69.3 Å². The summed E-state index contributed by atoms with van der Waals surface area (Å²) < 4.78 is 9.70. The molecule has 0 spiro atoms. The molecule has 0 unspecified atom stereocenters. The van der Waals surface area contributed by atoms with Crippen molar-refractivity contribution < 1.29 is 19.1 Å². The molecule has 0 aromatic heterocycles. The number of amides is 1. The van der Waals surface area contributed by atoms with E-state index in [9.17, 15) is 9.59 Å². The standard InChI is InChI=1S/C7H9NO4/c1-2-11-7-5(8-4-9)3-6(10)12-7/h3-4,7H,2H2,1H3,(H,8,9)/t7-/m1/s1. The molecule has 5 heteroatoms. The van der Waals surface area contributed by atoms with Gasteiger partial charge in [0, 0.05) is 12.7 Å². The SMILES string of the molecule is CCO[C@@H]1OC(=O)C=C1NC=O. The molecule has 1 atom stereocenters. The first-order valence-electron chi connectivity index (χ1n) is 3.52. The second kappa shape index (κ2) is 3.87. The van der Waals surface area contributed by atoms with E-state index in [2.05, 4.69) is 5.32 Å². The van der Waals surface area contributed by atoms with Crippen LogP contribution in [0.2, 0.25) is 0 Å². The summed E-state index contributed by atoms with van der Waals surface area (Å²) in [6.45, 7) is 2.18. The third-order valence-corrected chi connectivity index (χ3v) is 1.29. The first-order chi connectivity index (χ1) is 5.77. The lowest BCUT2D eigenvalue weighted by molar-refractivity contribution is -0.159. The van der Waals surface area contributed by atoms with Gasteiger partial charge in [0.2, 0.25) is 12.7 Å². The Bertz CT molecular complexity index is 223. The summed E-state index contributed by atoms with van der Waals surface area (Å²) in [5.74, 6) is -0.502. The van der Waals surface area contributed by atoms with Crippen LogP contribution >= 0.6 is 0 Å². The summed E-state index contributed by atoms with van der Waals surface area (Å²) in [5.41, 5.74) is 0.344. The van der Waals surface area contributed by atoms with Crippen LogP contribution in [0.3, 0.4) is 0 Å². The summed E-state index contributed by atoms with van der Waals surface area (Å²) in [6, 6.07) is 0. The molecule has 0 aromatic carbocycles. The molecule has 1 aliphatic rings. The lowest BCUT2D eigenvalue weighted by atomic mass is 10.4. The predicted octanol–water partition coefficient (Wildman–Crippen LogP) is -0.464. The molecule has 1 amide bonds. The van der Waals surface area contributed by atoms with E-state index in [-0.39, 0.29) is 0 Å². The van der Waals surface area contributed by atoms with Crippen LogP contribution in [-0.2, 0) is 19.1 Å². The van der Waals surface area contributed by atoms with Crippen LogP contribution in [0.1, 0.15) is 6.92 Å². The highest BCUT2D eigenvalue weighted by atomic mass is 16.7. The van der Waals surface area contributed by atoms with E-state index in [0.717, 1.165) is 0 Å². The Morgan fingerprint density at radius 3 is 3.17 bits per heavy atom. The molecule has 1 aliphatic heterocycles. The summed E-state index contributed by atoms with van der Waals surface area (Å²) in [6.07, 6.45) is 0.904. The normalized spacial score (nSPS) is 21.6. The minimum atomic E-state index is -0.757. The average molecular weight is 171 g/mol. The second-order valence-electron chi connectivity index (χ2n) is 2.09. The highest BCUT2D eigenvalue weighted by molar-refractivity contribution is 5.86. The van der Waals surface area contributed by atoms with Gasteiger partial charge in [-0.3, -0.25) is 4.79 Å². The Balaban J connectivity index is 2.58. The topological polar surface area (TPSA) is 64.6 Å². The molecule has 0 aromatic rings. The first-order valence-corrected chi connectivity index (χ1v) is 3.52. The Morgan fingerprint density at radius 1 is 1.83 bits per heavy atom. The minimum Gasteiger partial charge on any atom is -0.426 e. The van der Waals surface area contributed by atoms with Crippen LogP contribution in [0.5, 0.6) is 0 Å². The van der Waals surface area contributed by atoms with Crippen LogP contribution in [0.25, 0.3) is 0 Å². The Morgan fingerprint density at radius 2 is 2.58 bits per heavy atom. The average Bonchev–Trinajstić information content (AvgIpc) is 2.33. The van der Waals surface area contributed by atoms with Gasteiger partial charge in [-0.25, -0.2) is 4.79 Å². The van der Waals surface area contributed by atoms with Crippen molar-refractivity contribution in [1.82, 2.24) is 5.32 Å². The third kappa shape index (κ3) is 1.82. The lowest BCUT2D eigenvalue weighted by Crippen LogP contribution is -2.24. The van der Waals surface area contributed by atoms with Crippen molar-refractivity contribution >= 4 is 12.4 Å². The molecule has 5 nitrogen and oxygen atoms in total. The lowest BCUT2D eigenvalue weighted by Gasteiger charge is -2.12. The molecule has 66 valence electrons. The van der Waals surface area contributed by atoms with Crippen LogP contribution < -0.4 is 5.32 Å². The number of hydrogen-bond donors (Lipinski definition) is 1. The minimum absolute atomic E-state index is 0.344. The van der Waals surface area contributed by atoms with E-state index in [1.54, 1.807) is 6.92 Å². The number of nitrogens with one attached hydrogen (secondary N) is 1. The van der Waals surface area contributed by atoms with E-state index in [0.29, 0.717) is 18.7 Å². The summed E-state index contributed by atoms with van der Waals surface area (Å²) in [7, 11) is 0. The van der Waals surface area contributed by atoms with Crippen LogP contribution in [-0.4, -0.2) is 25.3 Å². The maximum Gasteiger partial charge on any atom is 0.335 e. The number of cyclic esters (lactones) is 1. The first kappa shape index (κ1) is 8.73. The fourth-order valence-electron chi connectivity index (χ4n) is 0.851. The molecule has 1 rings (SSSR count). The summed E-state index contributed by atoms with van der Waals surface area (Å²) in [4.78, 5) is 20.7. The number of carbonyl (C=O) groups is 2. The molecule has 0 saturated heterocycles. The molecule has 0 aliphatic carbocycles. The van der Waals surface area contributed by atoms with Gasteiger partial charge in [-0.05, 0) is 6.92 Å². The zero-order valence-electron chi connectivity index (χ0n) is 6.57. The van der Waals surface area contributed by atoms with E-state index < -0.39 is 12.3 Å². The number of hydrogen-bond acceptors (Lipinski definition) is 4. The molecule has 0 fully saturated rings. The predicted molar refractivity (Wildman–Crippen MR) is 38.8 cm³/mol. The van der Waals surface area contributed by atoms with Crippen molar-refractivity contribution in [2.45, 2.75) is 13.2 Å².